The van der Waals surface area contributed by atoms with Crippen LogP contribution in [-0.4, -0.2) is 11.1 Å². The van der Waals surface area contributed by atoms with E-state index in [0.717, 1.165) is 33.0 Å². The molecule has 0 amide bonds. The molecule has 3 aromatic carbocycles. The van der Waals surface area contributed by atoms with Gasteiger partial charge in [-0.1, -0.05) is 24.3 Å². The number of fused-ring (bicyclic) bond motifs is 1. The van der Waals surface area contributed by atoms with Gasteiger partial charge in [0, 0.05) is 5.69 Å². The molecule has 0 aliphatic rings. The number of anilines is 1. The lowest BCUT2D eigenvalue weighted by molar-refractivity contribution is -0.136. The summed E-state index contributed by atoms with van der Waals surface area (Å²) in [5, 5.41) is 10.8. The van der Waals surface area contributed by atoms with Crippen LogP contribution in [0.15, 0.2) is 48.5 Å². The Hall–Kier alpha value is -2.88. The maximum absolute atomic E-state index is 13.7. The van der Waals surface area contributed by atoms with E-state index in [1.807, 2.05) is 37.3 Å². The van der Waals surface area contributed by atoms with Crippen molar-refractivity contribution in [3.63, 3.8) is 0 Å². The van der Waals surface area contributed by atoms with Crippen LogP contribution < -0.4 is 5.73 Å². The number of nitrogen functional groups attached to an aromatic ring is 1. The fourth-order valence-electron chi connectivity index (χ4n) is 3.02. The largest absolute Gasteiger partial charge is 0.481 e. The molecule has 0 fully saturated rings. The van der Waals surface area contributed by atoms with E-state index in [4.69, 9.17) is 10.8 Å². The Balaban J connectivity index is 2.18. The number of benzene rings is 3. The van der Waals surface area contributed by atoms with Crippen LogP contribution >= 0.6 is 0 Å². The highest BCUT2D eigenvalue weighted by Crippen LogP contribution is 2.29. The molecule has 122 valence electrons. The SMILES string of the molecule is Cc1c(CC(=O)O)cc2ccc(F)cc2c1Cc1ccc(N)cc1. The molecule has 3 N–H and O–H groups in total. The zero-order valence-electron chi connectivity index (χ0n) is 13.3. The Morgan fingerprint density at radius 3 is 2.50 bits per heavy atom. The molecule has 0 aromatic heterocycles. The summed E-state index contributed by atoms with van der Waals surface area (Å²) < 4.78 is 13.7. The molecular weight excluding hydrogens is 305 g/mol. The molecule has 0 saturated carbocycles. The molecule has 0 spiro atoms. The van der Waals surface area contributed by atoms with E-state index in [1.165, 1.54) is 12.1 Å². The average Bonchev–Trinajstić information content (AvgIpc) is 2.53. The molecule has 0 aliphatic carbocycles. The second kappa shape index (κ2) is 6.32. The molecule has 3 rings (SSSR count). The number of halogens is 1. The molecule has 3 aromatic rings. The summed E-state index contributed by atoms with van der Waals surface area (Å²) in [7, 11) is 0. The third kappa shape index (κ3) is 3.23. The van der Waals surface area contributed by atoms with Crippen LogP contribution in [0.4, 0.5) is 10.1 Å². The molecule has 24 heavy (non-hydrogen) atoms. The molecule has 4 heteroatoms. The highest BCUT2D eigenvalue weighted by Gasteiger charge is 2.13. The summed E-state index contributed by atoms with van der Waals surface area (Å²) in [5.41, 5.74) is 10.1. The van der Waals surface area contributed by atoms with Crippen LogP contribution in [0.25, 0.3) is 10.8 Å². The highest BCUT2D eigenvalue weighted by molar-refractivity contribution is 5.89. The normalized spacial score (nSPS) is 10.9. The van der Waals surface area contributed by atoms with Gasteiger partial charge >= 0.3 is 5.97 Å². The maximum atomic E-state index is 13.7. The zero-order valence-corrected chi connectivity index (χ0v) is 13.3. The summed E-state index contributed by atoms with van der Waals surface area (Å²) in [6, 6.07) is 14.0. The Labute approximate surface area is 139 Å². The van der Waals surface area contributed by atoms with E-state index in [1.54, 1.807) is 6.07 Å². The molecule has 0 aliphatic heterocycles. The molecule has 0 atom stereocenters. The summed E-state index contributed by atoms with van der Waals surface area (Å²) in [5.74, 6) is -1.18. The molecular formula is C20H18FNO2. The Morgan fingerprint density at radius 2 is 1.83 bits per heavy atom. The molecule has 0 heterocycles. The minimum atomic E-state index is -0.877. The number of aliphatic carboxylic acids is 1. The first kappa shape index (κ1) is 16.0. The van der Waals surface area contributed by atoms with E-state index >= 15 is 0 Å². The molecule has 0 radical (unpaired) electrons. The Kier molecular flexibility index (Phi) is 4.21. The van der Waals surface area contributed by atoms with E-state index in [0.29, 0.717) is 12.1 Å². The lowest BCUT2D eigenvalue weighted by atomic mass is 9.90. The Bertz CT molecular complexity index is 917. The topological polar surface area (TPSA) is 63.3 Å². The van der Waals surface area contributed by atoms with Crippen molar-refractivity contribution in [3.8, 4) is 0 Å². The number of hydrogen-bond acceptors (Lipinski definition) is 2. The van der Waals surface area contributed by atoms with E-state index in [2.05, 4.69) is 0 Å². The van der Waals surface area contributed by atoms with Gasteiger partial charge in [-0.05, 0) is 70.6 Å². The van der Waals surface area contributed by atoms with Crippen LogP contribution in [0.2, 0.25) is 0 Å². The molecule has 0 unspecified atom stereocenters. The average molecular weight is 323 g/mol. The summed E-state index contributed by atoms with van der Waals surface area (Å²) in [4.78, 5) is 11.1. The third-order valence-electron chi connectivity index (χ3n) is 4.31. The molecule has 0 bridgehead atoms. The number of nitrogens with two attached hydrogens (primary N) is 1. The van der Waals surface area contributed by atoms with Crippen molar-refractivity contribution in [1.82, 2.24) is 0 Å². The van der Waals surface area contributed by atoms with Crippen molar-refractivity contribution in [1.29, 1.82) is 0 Å². The van der Waals surface area contributed by atoms with Gasteiger partial charge in [0.2, 0.25) is 0 Å². The van der Waals surface area contributed by atoms with Gasteiger partial charge in [0.1, 0.15) is 5.82 Å². The fourth-order valence-corrected chi connectivity index (χ4v) is 3.02. The van der Waals surface area contributed by atoms with Crippen molar-refractivity contribution >= 4 is 22.4 Å². The highest BCUT2D eigenvalue weighted by atomic mass is 19.1. The summed E-state index contributed by atoms with van der Waals surface area (Å²) >= 11 is 0. The van der Waals surface area contributed by atoms with E-state index in [-0.39, 0.29) is 12.2 Å². The predicted molar refractivity (Wildman–Crippen MR) is 93.6 cm³/mol. The minimum Gasteiger partial charge on any atom is -0.481 e. The summed E-state index contributed by atoms with van der Waals surface area (Å²) in [6.45, 7) is 1.90. The van der Waals surface area contributed by atoms with Gasteiger partial charge in [0.05, 0.1) is 6.42 Å². The second-order valence-corrected chi connectivity index (χ2v) is 5.99. The van der Waals surface area contributed by atoms with Gasteiger partial charge in [-0.3, -0.25) is 4.79 Å². The molecule has 0 saturated heterocycles. The number of rotatable bonds is 4. The second-order valence-electron chi connectivity index (χ2n) is 5.99. The van der Waals surface area contributed by atoms with Crippen molar-refractivity contribution < 1.29 is 14.3 Å². The maximum Gasteiger partial charge on any atom is 0.307 e. The van der Waals surface area contributed by atoms with Gasteiger partial charge in [0.25, 0.3) is 0 Å². The van der Waals surface area contributed by atoms with Gasteiger partial charge in [0.15, 0.2) is 0 Å². The van der Waals surface area contributed by atoms with Crippen LogP contribution in [0.3, 0.4) is 0 Å². The fraction of sp³-hybridized carbons (Fsp3) is 0.150. The minimum absolute atomic E-state index is 0.0477. The van der Waals surface area contributed by atoms with Crippen LogP contribution in [0.1, 0.15) is 22.3 Å². The first-order valence-electron chi connectivity index (χ1n) is 7.71. The van der Waals surface area contributed by atoms with Crippen molar-refractivity contribution in [2.45, 2.75) is 19.8 Å². The van der Waals surface area contributed by atoms with E-state index < -0.39 is 5.97 Å². The van der Waals surface area contributed by atoms with Crippen LogP contribution in [0.5, 0.6) is 0 Å². The monoisotopic (exact) mass is 323 g/mol. The Morgan fingerprint density at radius 1 is 1.12 bits per heavy atom. The van der Waals surface area contributed by atoms with Crippen molar-refractivity contribution in [3.05, 3.63) is 76.6 Å². The van der Waals surface area contributed by atoms with Gasteiger partial charge in [-0.15, -0.1) is 0 Å². The van der Waals surface area contributed by atoms with Crippen molar-refractivity contribution in [2.75, 3.05) is 5.73 Å². The van der Waals surface area contributed by atoms with Gasteiger partial charge in [-0.25, -0.2) is 4.39 Å². The quantitative estimate of drug-likeness (QED) is 0.711. The lowest BCUT2D eigenvalue weighted by Gasteiger charge is -2.15. The standard InChI is InChI=1S/C20H18FNO2/c1-12-15(10-20(23)24)9-14-4-5-16(21)11-19(14)18(12)8-13-2-6-17(22)7-3-13/h2-7,9,11H,8,10,22H2,1H3,(H,23,24). The van der Waals surface area contributed by atoms with Gasteiger partial charge in [-0.2, -0.15) is 0 Å². The number of carbonyl (C=O) groups is 1. The molecule has 3 nitrogen and oxygen atoms in total. The lowest BCUT2D eigenvalue weighted by Crippen LogP contribution is -2.05. The van der Waals surface area contributed by atoms with Crippen molar-refractivity contribution in [2.24, 2.45) is 0 Å². The predicted octanol–water partition coefficient (Wildman–Crippen LogP) is 4.09. The van der Waals surface area contributed by atoms with Crippen LogP contribution in [-0.2, 0) is 17.6 Å². The number of carboxylic acid groups (broad SMARTS) is 1. The number of carboxylic acids is 1. The zero-order chi connectivity index (χ0) is 17.3. The first-order chi connectivity index (χ1) is 11.4. The van der Waals surface area contributed by atoms with Crippen LogP contribution in [0, 0.1) is 12.7 Å². The smallest absolute Gasteiger partial charge is 0.307 e. The van der Waals surface area contributed by atoms with Gasteiger partial charge < -0.3 is 10.8 Å². The number of hydrogen-bond donors (Lipinski definition) is 2. The van der Waals surface area contributed by atoms with E-state index in [9.17, 15) is 9.18 Å². The summed E-state index contributed by atoms with van der Waals surface area (Å²) in [6.07, 6.45) is 0.549. The third-order valence-corrected chi connectivity index (χ3v) is 4.31. The first-order valence-corrected chi connectivity index (χ1v) is 7.71.